The molecule has 0 unspecified atom stereocenters. The van der Waals surface area contributed by atoms with Gasteiger partial charge in [-0.15, -0.1) is 0 Å². The van der Waals surface area contributed by atoms with Crippen LogP contribution < -0.4 is 4.74 Å². The third-order valence-corrected chi connectivity index (χ3v) is 3.00. The van der Waals surface area contributed by atoms with E-state index in [1.54, 1.807) is 0 Å². The molecule has 1 atom stereocenters. The number of rotatable bonds is 3. The fraction of sp³-hybridized carbons (Fsp3) is 0.500. The summed E-state index contributed by atoms with van der Waals surface area (Å²) >= 11 is 0. The lowest BCUT2D eigenvalue weighted by molar-refractivity contribution is 0.197. The van der Waals surface area contributed by atoms with Gasteiger partial charge in [-0.05, 0) is 38.6 Å². The fourth-order valence-electron chi connectivity index (χ4n) is 1.95. The van der Waals surface area contributed by atoms with Crippen molar-refractivity contribution in [2.24, 2.45) is 0 Å². The Balaban J connectivity index is 1.91. The first kappa shape index (κ1) is 11.3. The molecule has 1 heterocycles. The molecule has 0 spiro atoms. The summed E-state index contributed by atoms with van der Waals surface area (Å²) in [6.45, 7) is 1.60. The minimum Gasteiger partial charge on any atom is -0.492 e. The van der Waals surface area contributed by atoms with Gasteiger partial charge < -0.3 is 9.64 Å². The van der Waals surface area contributed by atoms with Gasteiger partial charge in [-0.1, -0.05) is 0 Å². The molecule has 88 valence electrons. The molecule has 0 saturated carbocycles. The highest BCUT2D eigenvalue weighted by Crippen LogP contribution is 2.19. The van der Waals surface area contributed by atoms with Gasteiger partial charge >= 0.3 is 0 Å². The molecule has 1 aliphatic rings. The first-order chi connectivity index (χ1) is 7.66. The summed E-state index contributed by atoms with van der Waals surface area (Å²) in [7, 11) is 2.05. The highest BCUT2D eigenvalue weighted by atomic mass is 19.2. The summed E-state index contributed by atoms with van der Waals surface area (Å²) < 4.78 is 31.0. The Hall–Kier alpha value is -1.16. The van der Waals surface area contributed by atoms with E-state index in [0.717, 1.165) is 25.1 Å². The van der Waals surface area contributed by atoms with E-state index >= 15 is 0 Å². The maximum atomic E-state index is 12.9. The van der Waals surface area contributed by atoms with Crippen LogP contribution >= 0.6 is 0 Å². The van der Waals surface area contributed by atoms with E-state index in [0.29, 0.717) is 18.4 Å². The molecule has 2 nitrogen and oxygen atoms in total. The number of likely N-dealkylation sites (N-methyl/N-ethyl adjacent to an activating group) is 1. The van der Waals surface area contributed by atoms with Gasteiger partial charge in [-0.25, -0.2) is 8.78 Å². The van der Waals surface area contributed by atoms with E-state index < -0.39 is 11.6 Å². The minimum atomic E-state index is -0.864. The predicted molar refractivity (Wildman–Crippen MR) is 57.5 cm³/mol. The Morgan fingerprint density at radius 2 is 2.19 bits per heavy atom. The lowest BCUT2D eigenvalue weighted by atomic mass is 10.2. The Bertz CT molecular complexity index is 370. The fourth-order valence-corrected chi connectivity index (χ4v) is 1.95. The SMILES string of the molecule is CN1CCC[C@H]1COc1ccc(F)c(F)c1. The minimum absolute atomic E-state index is 0.383. The van der Waals surface area contributed by atoms with Crippen molar-refractivity contribution in [2.45, 2.75) is 18.9 Å². The second-order valence-corrected chi connectivity index (χ2v) is 4.16. The summed E-state index contributed by atoms with van der Waals surface area (Å²) in [5.74, 6) is -1.32. The molecule has 0 radical (unpaired) electrons. The molecular formula is C12H15F2NO. The van der Waals surface area contributed by atoms with Crippen molar-refractivity contribution in [2.75, 3.05) is 20.2 Å². The summed E-state index contributed by atoms with van der Waals surface area (Å²) in [5.41, 5.74) is 0. The Morgan fingerprint density at radius 3 is 2.81 bits per heavy atom. The molecule has 0 aliphatic carbocycles. The third-order valence-electron chi connectivity index (χ3n) is 3.00. The van der Waals surface area contributed by atoms with Crippen LogP contribution in [0.5, 0.6) is 5.75 Å². The molecule has 1 aromatic carbocycles. The van der Waals surface area contributed by atoms with Crippen molar-refractivity contribution in [3.63, 3.8) is 0 Å². The number of hydrogen-bond donors (Lipinski definition) is 0. The molecule has 0 aromatic heterocycles. The maximum Gasteiger partial charge on any atom is 0.162 e. The van der Waals surface area contributed by atoms with Gasteiger partial charge in [0.2, 0.25) is 0 Å². The van der Waals surface area contributed by atoms with E-state index in [9.17, 15) is 8.78 Å². The standard InChI is InChI=1S/C12H15F2NO/c1-15-6-2-3-9(15)8-16-10-4-5-11(13)12(14)7-10/h4-5,7,9H,2-3,6,8H2,1H3/t9-/m0/s1. The molecule has 2 rings (SSSR count). The number of hydrogen-bond acceptors (Lipinski definition) is 2. The topological polar surface area (TPSA) is 12.5 Å². The monoisotopic (exact) mass is 227 g/mol. The molecule has 1 fully saturated rings. The van der Waals surface area contributed by atoms with Crippen molar-refractivity contribution < 1.29 is 13.5 Å². The molecule has 0 amide bonds. The molecule has 1 saturated heterocycles. The smallest absolute Gasteiger partial charge is 0.162 e. The largest absolute Gasteiger partial charge is 0.492 e. The molecule has 4 heteroatoms. The lowest BCUT2D eigenvalue weighted by Gasteiger charge is -2.19. The first-order valence-electron chi connectivity index (χ1n) is 5.45. The number of benzene rings is 1. The van der Waals surface area contributed by atoms with Crippen LogP contribution in [0, 0.1) is 11.6 Å². The molecular weight excluding hydrogens is 212 g/mol. The zero-order chi connectivity index (χ0) is 11.5. The van der Waals surface area contributed by atoms with E-state index in [-0.39, 0.29) is 0 Å². The Morgan fingerprint density at radius 1 is 1.38 bits per heavy atom. The van der Waals surface area contributed by atoms with Crippen LogP contribution in [0.3, 0.4) is 0 Å². The van der Waals surface area contributed by atoms with Crippen LogP contribution in [-0.4, -0.2) is 31.1 Å². The summed E-state index contributed by atoms with van der Waals surface area (Å²) in [6, 6.07) is 4.01. The van der Waals surface area contributed by atoms with Gasteiger partial charge in [0.25, 0.3) is 0 Å². The average molecular weight is 227 g/mol. The van der Waals surface area contributed by atoms with Gasteiger partial charge in [0.1, 0.15) is 12.4 Å². The quantitative estimate of drug-likeness (QED) is 0.786. The van der Waals surface area contributed by atoms with Crippen LogP contribution in [-0.2, 0) is 0 Å². The van der Waals surface area contributed by atoms with Crippen molar-refractivity contribution in [1.82, 2.24) is 4.90 Å². The van der Waals surface area contributed by atoms with Crippen molar-refractivity contribution in [3.05, 3.63) is 29.8 Å². The van der Waals surface area contributed by atoms with Crippen molar-refractivity contribution >= 4 is 0 Å². The average Bonchev–Trinajstić information content (AvgIpc) is 2.66. The highest BCUT2D eigenvalue weighted by molar-refractivity contribution is 5.23. The second kappa shape index (κ2) is 4.78. The van der Waals surface area contributed by atoms with Gasteiger partial charge in [-0.2, -0.15) is 0 Å². The number of likely N-dealkylation sites (tertiary alicyclic amines) is 1. The Kier molecular flexibility index (Phi) is 3.39. The van der Waals surface area contributed by atoms with Gasteiger partial charge in [0, 0.05) is 12.1 Å². The van der Waals surface area contributed by atoms with Gasteiger partial charge in [0.15, 0.2) is 11.6 Å². The highest BCUT2D eigenvalue weighted by Gasteiger charge is 2.21. The predicted octanol–water partition coefficient (Wildman–Crippen LogP) is 2.44. The van der Waals surface area contributed by atoms with Crippen LogP contribution in [0.4, 0.5) is 8.78 Å². The summed E-state index contributed by atoms with van der Waals surface area (Å²) in [5, 5.41) is 0. The Labute approximate surface area is 93.8 Å². The second-order valence-electron chi connectivity index (χ2n) is 4.16. The number of halogens is 2. The van der Waals surface area contributed by atoms with Gasteiger partial charge in [0.05, 0.1) is 0 Å². The first-order valence-corrected chi connectivity index (χ1v) is 5.45. The normalized spacial score (nSPS) is 21.3. The van der Waals surface area contributed by atoms with Crippen molar-refractivity contribution in [3.8, 4) is 5.75 Å². The molecule has 1 aromatic rings. The third kappa shape index (κ3) is 2.50. The molecule has 16 heavy (non-hydrogen) atoms. The van der Waals surface area contributed by atoms with E-state index in [4.69, 9.17) is 4.74 Å². The van der Waals surface area contributed by atoms with Crippen LogP contribution in [0.15, 0.2) is 18.2 Å². The maximum absolute atomic E-state index is 12.9. The van der Waals surface area contributed by atoms with Crippen LogP contribution in [0.2, 0.25) is 0 Å². The number of nitrogens with zero attached hydrogens (tertiary/aromatic N) is 1. The summed E-state index contributed by atoms with van der Waals surface area (Å²) in [6.07, 6.45) is 2.27. The molecule has 0 bridgehead atoms. The number of ether oxygens (including phenoxy) is 1. The lowest BCUT2D eigenvalue weighted by Crippen LogP contribution is -2.30. The van der Waals surface area contributed by atoms with E-state index in [1.807, 2.05) is 7.05 Å². The zero-order valence-electron chi connectivity index (χ0n) is 9.25. The van der Waals surface area contributed by atoms with E-state index in [1.165, 1.54) is 12.5 Å². The molecule has 0 N–H and O–H groups in total. The van der Waals surface area contributed by atoms with Crippen molar-refractivity contribution in [1.29, 1.82) is 0 Å². The van der Waals surface area contributed by atoms with Crippen LogP contribution in [0.25, 0.3) is 0 Å². The molecule has 1 aliphatic heterocycles. The summed E-state index contributed by atoms with van der Waals surface area (Å²) in [4.78, 5) is 2.22. The van der Waals surface area contributed by atoms with Gasteiger partial charge in [-0.3, -0.25) is 0 Å². The zero-order valence-corrected chi connectivity index (χ0v) is 9.25. The van der Waals surface area contributed by atoms with Crippen LogP contribution in [0.1, 0.15) is 12.8 Å². The van der Waals surface area contributed by atoms with E-state index in [2.05, 4.69) is 4.90 Å².